The molecule has 3 aliphatic heterocycles. The van der Waals surface area contributed by atoms with E-state index in [1.54, 1.807) is 0 Å². The molecule has 2 atom stereocenters. The van der Waals surface area contributed by atoms with Gasteiger partial charge in [-0.3, -0.25) is 10.0 Å². The number of anilines is 2. The van der Waals surface area contributed by atoms with E-state index in [9.17, 15) is 0 Å². The van der Waals surface area contributed by atoms with Gasteiger partial charge in [-0.15, -0.1) is 0 Å². The quantitative estimate of drug-likeness (QED) is 0.378. The van der Waals surface area contributed by atoms with Crippen molar-refractivity contribution in [2.75, 3.05) is 23.1 Å². The normalized spacial score (nSPS) is 21.9. The summed E-state index contributed by atoms with van der Waals surface area (Å²) in [5.74, 6) is 0. The Bertz CT molecular complexity index is 1200. The third-order valence-electron chi connectivity index (χ3n) is 7.51. The fraction of sp³-hybridized carbons (Fsp3) is 0.200. The first-order chi connectivity index (χ1) is 16.9. The van der Waals surface area contributed by atoms with Crippen molar-refractivity contribution in [1.29, 1.82) is 0 Å². The molecule has 4 heteroatoms. The summed E-state index contributed by atoms with van der Waals surface area (Å²) >= 11 is 0. The van der Waals surface area contributed by atoms with E-state index in [0.717, 1.165) is 25.9 Å². The van der Waals surface area contributed by atoms with Gasteiger partial charge in [-0.2, -0.15) is 10.0 Å². The highest BCUT2D eigenvalue weighted by Gasteiger charge is 2.50. The molecule has 0 unspecified atom stereocenters. The maximum atomic E-state index is 2.61. The van der Waals surface area contributed by atoms with E-state index in [4.69, 9.17) is 0 Å². The van der Waals surface area contributed by atoms with E-state index in [-0.39, 0.29) is 12.3 Å². The molecule has 34 heavy (non-hydrogen) atoms. The summed E-state index contributed by atoms with van der Waals surface area (Å²) < 4.78 is 0. The second-order valence-electron chi connectivity index (χ2n) is 9.33. The summed E-state index contributed by atoms with van der Waals surface area (Å²) in [7, 11) is 0. The third kappa shape index (κ3) is 2.99. The Hall–Kier alpha value is -3.60. The number of benzene rings is 4. The lowest BCUT2D eigenvalue weighted by atomic mass is 9.93. The lowest BCUT2D eigenvalue weighted by Crippen LogP contribution is -2.69. The van der Waals surface area contributed by atoms with Crippen molar-refractivity contribution in [3.05, 3.63) is 131 Å². The largest absolute Gasteiger partial charge is 0.280 e. The summed E-state index contributed by atoms with van der Waals surface area (Å²) in [6.07, 6.45) is 2.31. The van der Waals surface area contributed by atoms with Crippen LogP contribution in [0.2, 0.25) is 0 Å². The van der Waals surface area contributed by atoms with Gasteiger partial charge in [0.25, 0.3) is 0 Å². The van der Waals surface area contributed by atoms with E-state index < -0.39 is 0 Å². The summed E-state index contributed by atoms with van der Waals surface area (Å²) in [4.78, 5) is 0. The number of hydrogen-bond donors (Lipinski definition) is 0. The number of para-hydroxylation sites is 2. The molecule has 3 aliphatic rings. The number of fused-ring (bicyclic) bond motifs is 6. The van der Waals surface area contributed by atoms with Crippen LogP contribution in [0.5, 0.6) is 0 Å². The molecular formula is C30H28N4. The number of nitrogens with zero attached hydrogens (tertiary/aromatic N) is 4. The Morgan fingerprint density at radius 3 is 1.26 bits per heavy atom. The first kappa shape index (κ1) is 19.8. The van der Waals surface area contributed by atoms with Crippen LogP contribution in [0.4, 0.5) is 11.4 Å². The second kappa shape index (κ2) is 8.01. The zero-order valence-corrected chi connectivity index (χ0v) is 19.2. The zero-order chi connectivity index (χ0) is 22.5. The molecule has 168 valence electrons. The molecule has 0 aromatic heterocycles. The van der Waals surface area contributed by atoms with Crippen molar-refractivity contribution in [2.24, 2.45) is 0 Å². The fourth-order valence-corrected chi connectivity index (χ4v) is 6.05. The van der Waals surface area contributed by atoms with Crippen molar-refractivity contribution >= 4 is 11.4 Å². The van der Waals surface area contributed by atoms with Crippen LogP contribution in [-0.4, -0.2) is 23.1 Å². The molecule has 0 radical (unpaired) electrons. The van der Waals surface area contributed by atoms with Crippen molar-refractivity contribution < 1.29 is 0 Å². The lowest BCUT2D eigenvalue weighted by Gasteiger charge is -2.62. The highest BCUT2D eigenvalue weighted by molar-refractivity contribution is 5.56. The summed E-state index contributed by atoms with van der Waals surface area (Å²) in [5, 5.41) is 10.3. The van der Waals surface area contributed by atoms with Crippen molar-refractivity contribution in [3.63, 3.8) is 0 Å². The Kier molecular flexibility index (Phi) is 4.67. The van der Waals surface area contributed by atoms with Crippen LogP contribution in [0.15, 0.2) is 109 Å². The average Bonchev–Trinajstić information content (AvgIpc) is 2.92. The van der Waals surface area contributed by atoms with Gasteiger partial charge in [0.15, 0.2) is 0 Å². The van der Waals surface area contributed by atoms with Crippen LogP contribution < -0.4 is 10.0 Å². The molecule has 4 aromatic rings. The maximum absolute atomic E-state index is 2.61. The lowest BCUT2D eigenvalue weighted by molar-refractivity contribution is -0.0222. The van der Waals surface area contributed by atoms with Gasteiger partial charge in [0.2, 0.25) is 0 Å². The van der Waals surface area contributed by atoms with Crippen molar-refractivity contribution in [3.8, 4) is 0 Å². The van der Waals surface area contributed by atoms with Gasteiger partial charge in [0, 0.05) is 13.1 Å². The van der Waals surface area contributed by atoms with E-state index in [2.05, 4.69) is 129 Å². The van der Waals surface area contributed by atoms with Crippen LogP contribution in [0.1, 0.15) is 34.6 Å². The average molecular weight is 445 g/mol. The number of hydrogen-bond acceptors (Lipinski definition) is 4. The molecule has 0 saturated carbocycles. The molecule has 1 fully saturated rings. The minimum Gasteiger partial charge on any atom is -0.280 e. The van der Waals surface area contributed by atoms with Gasteiger partial charge in [0.1, 0.15) is 12.3 Å². The fourth-order valence-electron chi connectivity index (χ4n) is 6.05. The van der Waals surface area contributed by atoms with E-state index >= 15 is 0 Å². The zero-order valence-electron chi connectivity index (χ0n) is 19.2. The highest BCUT2D eigenvalue weighted by Crippen LogP contribution is 2.49. The minimum absolute atomic E-state index is 0.106. The Labute approximate surface area is 201 Å². The molecule has 4 aromatic carbocycles. The first-order valence-electron chi connectivity index (χ1n) is 12.3. The van der Waals surface area contributed by atoms with E-state index in [1.165, 1.54) is 33.6 Å². The van der Waals surface area contributed by atoms with Crippen LogP contribution in [0.3, 0.4) is 0 Å². The van der Waals surface area contributed by atoms with E-state index in [0.29, 0.717) is 0 Å². The van der Waals surface area contributed by atoms with Gasteiger partial charge >= 0.3 is 0 Å². The van der Waals surface area contributed by atoms with Crippen LogP contribution >= 0.6 is 0 Å². The third-order valence-corrected chi connectivity index (χ3v) is 7.51. The van der Waals surface area contributed by atoms with Crippen molar-refractivity contribution in [1.82, 2.24) is 10.0 Å². The SMILES string of the molecule is c1ccc(N2[C@@H]3c4ccccc4CCN3N(c3ccccc3)[C@@H]3c4ccccc4CCN32)cc1. The first-order valence-corrected chi connectivity index (χ1v) is 12.3. The summed E-state index contributed by atoms with van der Waals surface area (Å²) in [6.45, 7) is 1.96. The Morgan fingerprint density at radius 2 is 0.824 bits per heavy atom. The molecule has 0 aliphatic carbocycles. The van der Waals surface area contributed by atoms with Gasteiger partial charge < -0.3 is 0 Å². The molecule has 0 N–H and O–H groups in total. The maximum Gasteiger partial charge on any atom is 0.141 e. The molecule has 7 rings (SSSR count). The number of hydrazine groups is 2. The van der Waals surface area contributed by atoms with Crippen molar-refractivity contribution in [2.45, 2.75) is 25.2 Å². The molecule has 1 saturated heterocycles. The van der Waals surface area contributed by atoms with Gasteiger partial charge in [-0.05, 0) is 59.4 Å². The van der Waals surface area contributed by atoms with E-state index in [1.807, 2.05) is 0 Å². The summed E-state index contributed by atoms with van der Waals surface area (Å²) in [6, 6.07) is 39.9. The molecule has 0 amide bonds. The molecule has 4 nitrogen and oxygen atoms in total. The van der Waals surface area contributed by atoms with Crippen LogP contribution in [0, 0.1) is 0 Å². The van der Waals surface area contributed by atoms with Crippen LogP contribution in [0.25, 0.3) is 0 Å². The monoisotopic (exact) mass is 444 g/mol. The predicted molar refractivity (Wildman–Crippen MR) is 137 cm³/mol. The Balaban J connectivity index is 1.48. The van der Waals surface area contributed by atoms with Crippen LogP contribution in [-0.2, 0) is 12.8 Å². The topological polar surface area (TPSA) is 13.0 Å². The smallest absolute Gasteiger partial charge is 0.141 e. The highest BCUT2D eigenvalue weighted by atomic mass is 15.9. The van der Waals surface area contributed by atoms with Gasteiger partial charge in [-0.25, -0.2) is 0 Å². The number of rotatable bonds is 2. The second-order valence-corrected chi connectivity index (χ2v) is 9.33. The molecule has 0 spiro atoms. The van der Waals surface area contributed by atoms with Gasteiger partial charge in [-0.1, -0.05) is 84.9 Å². The molecular weight excluding hydrogens is 416 g/mol. The molecule has 0 bridgehead atoms. The Morgan fingerprint density at radius 1 is 0.441 bits per heavy atom. The standard InChI is InChI=1S/C30H28N4/c1-3-13-25(14-4-1)33-29-27-17-9-7-11-23(27)20-22-32(29)34(26-15-5-2-6-16-26)30-28-18-10-8-12-24(28)19-21-31(30)33/h1-18,29-30H,19-22H2/t29-,30-/m1/s1. The van der Waals surface area contributed by atoms with Gasteiger partial charge in [0.05, 0.1) is 11.4 Å². The minimum atomic E-state index is 0.106. The summed E-state index contributed by atoms with van der Waals surface area (Å²) in [5.41, 5.74) is 8.19. The molecule has 3 heterocycles. The predicted octanol–water partition coefficient (Wildman–Crippen LogP) is 5.96.